The topological polar surface area (TPSA) is 29.1 Å². The summed E-state index contributed by atoms with van der Waals surface area (Å²) in [7, 11) is 0. The first-order valence-electron chi connectivity index (χ1n) is 6.04. The van der Waals surface area contributed by atoms with Gasteiger partial charge in [-0.05, 0) is 30.3 Å². The maximum Gasteiger partial charge on any atom is 0.253 e. The van der Waals surface area contributed by atoms with Gasteiger partial charge in [0.05, 0.1) is 22.7 Å². The molecule has 0 aliphatic rings. The predicted molar refractivity (Wildman–Crippen MR) is 77.0 cm³/mol. The molecule has 0 bridgehead atoms. The van der Waals surface area contributed by atoms with Crippen molar-refractivity contribution in [1.82, 2.24) is 5.32 Å². The van der Waals surface area contributed by atoms with Gasteiger partial charge in [0.15, 0.2) is 0 Å². The number of carbonyl (C=O) groups excluding carboxylic acids is 1. The largest absolute Gasteiger partial charge is 0.341 e. The Labute approximate surface area is 125 Å². The molecule has 0 heterocycles. The molecule has 0 aliphatic carbocycles. The van der Waals surface area contributed by atoms with E-state index in [2.05, 4.69) is 17.2 Å². The summed E-state index contributed by atoms with van der Waals surface area (Å²) in [5.41, 5.74) is 0.414. The molecule has 0 atom stereocenters. The van der Waals surface area contributed by atoms with Crippen LogP contribution in [0.1, 0.15) is 15.9 Å². The van der Waals surface area contributed by atoms with E-state index in [1.807, 2.05) is 0 Å². The minimum atomic E-state index is -0.518. The molecule has 1 amide bonds. The lowest BCUT2D eigenvalue weighted by molar-refractivity contribution is 0.0959. The van der Waals surface area contributed by atoms with Crippen LogP contribution in [0.2, 0.25) is 5.02 Å². The summed E-state index contributed by atoms with van der Waals surface area (Å²) in [6.45, 7) is 0.0286. The molecule has 0 fully saturated rings. The normalized spacial score (nSPS) is 9.67. The van der Waals surface area contributed by atoms with Crippen molar-refractivity contribution in [2.45, 2.75) is 0 Å². The molecular weight excluding hydrogens is 296 g/mol. The van der Waals surface area contributed by atoms with E-state index in [0.29, 0.717) is 0 Å². The van der Waals surface area contributed by atoms with Crippen LogP contribution in [-0.2, 0) is 0 Å². The van der Waals surface area contributed by atoms with E-state index >= 15 is 0 Å². The third-order valence-corrected chi connectivity index (χ3v) is 2.92. The van der Waals surface area contributed by atoms with Crippen LogP contribution in [0.3, 0.4) is 0 Å². The maximum atomic E-state index is 13.3. The molecule has 5 heteroatoms. The number of carbonyl (C=O) groups is 1. The van der Waals surface area contributed by atoms with Crippen molar-refractivity contribution in [3.8, 4) is 11.8 Å². The van der Waals surface area contributed by atoms with Gasteiger partial charge in [-0.3, -0.25) is 4.79 Å². The molecule has 0 unspecified atom stereocenters. The maximum absolute atomic E-state index is 13.3. The van der Waals surface area contributed by atoms with Gasteiger partial charge in [-0.1, -0.05) is 35.6 Å². The average Bonchev–Trinajstić information content (AvgIpc) is 2.45. The lowest BCUT2D eigenvalue weighted by Crippen LogP contribution is -2.23. The highest BCUT2D eigenvalue weighted by atomic mass is 35.5. The SMILES string of the molecule is O=C(NCC#Cc1ccccc1F)c1ccc(F)cc1Cl. The van der Waals surface area contributed by atoms with E-state index in [1.54, 1.807) is 18.2 Å². The molecule has 106 valence electrons. The molecule has 2 nitrogen and oxygen atoms in total. The minimum Gasteiger partial charge on any atom is -0.341 e. The molecule has 0 radical (unpaired) electrons. The van der Waals surface area contributed by atoms with Gasteiger partial charge in [0.25, 0.3) is 5.91 Å². The molecule has 0 aromatic heterocycles. The van der Waals surface area contributed by atoms with Crippen LogP contribution in [-0.4, -0.2) is 12.5 Å². The van der Waals surface area contributed by atoms with Crippen molar-refractivity contribution in [2.75, 3.05) is 6.54 Å². The number of halogens is 3. The van der Waals surface area contributed by atoms with E-state index < -0.39 is 17.5 Å². The Hall–Kier alpha value is -2.38. The molecule has 0 saturated heterocycles. The fourth-order valence-corrected chi connectivity index (χ4v) is 1.85. The van der Waals surface area contributed by atoms with E-state index in [-0.39, 0.29) is 22.7 Å². The summed E-state index contributed by atoms with van der Waals surface area (Å²) in [4.78, 5) is 11.8. The smallest absolute Gasteiger partial charge is 0.253 e. The number of amides is 1. The highest BCUT2D eigenvalue weighted by Crippen LogP contribution is 2.16. The van der Waals surface area contributed by atoms with Crippen LogP contribution in [0.25, 0.3) is 0 Å². The van der Waals surface area contributed by atoms with Crippen LogP contribution >= 0.6 is 11.6 Å². The first kappa shape index (κ1) is 15.0. The Morgan fingerprint density at radius 1 is 1.19 bits per heavy atom. The lowest BCUT2D eigenvalue weighted by Gasteiger charge is -2.03. The zero-order chi connectivity index (χ0) is 15.2. The highest BCUT2D eigenvalue weighted by molar-refractivity contribution is 6.33. The van der Waals surface area contributed by atoms with Crippen molar-refractivity contribution in [2.24, 2.45) is 0 Å². The van der Waals surface area contributed by atoms with Crippen LogP contribution < -0.4 is 5.32 Å². The molecule has 0 spiro atoms. The Morgan fingerprint density at radius 2 is 1.95 bits per heavy atom. The Morgan fingerprint density at radius 3 is 2.67 bits per heavy atom. The molecule has 2 aromatic carbocycles. The number of hydrogen-bond donors (Lipinski definition) is 1. The Kier molecular flexibility index (Phi) is 4.91. The van der Waals surface area contributed by atoms with Crippen molar-refractivity contribution in [1.29, 1.82) is 0 Å². The predicted octanol–water partition coefficient (Wildman–Crippen LogP) is 3.40. The van der Waals surface area contributed by atoms with E-state index in [0.717, 1.165) is 12.1 Å². The van der Waals surface area contributed by atoms with E-state index in [4.69, 9.17) is 11.6 Å². The Balaban J connectivity index is 1.98. The van der Waals surface area contributed by atoms with Gasteiger partial charge in [0.2, 0.25) is 0 Å². The second kappa shape index (κ2) is 6.87. The van der Waals surface area contributed by atoms with Crippen molar-refractivity contribution >= 4 is 17.5 Å². The second-order valence-corrected chi connectivity index (χ2v) is 4.50. The van der Waals surface area contributed by atoms with Gasteiger partial charge in [-0.25, -0.2) is 8.78 Å². The molecule has 2 aromatic rings. The molecule has 21 heavy (non-hydrogen) atoms. The summed E-state index contributed by atoms with van der Waals surface area (Å²) in [6, 6.07) is 9.58. The first-order chi connectivity index (χ1) is 10.1. The molecular formula is C16H10ClF2NO. The van der Waals surface area contributed by atoms with Crippen LogP contribution in [0, 0.1) is 23.5 Å². The summed E-state index contributed by atoms with van der Waals surface area (Å²) >= 11 is 5.77. The fraction of sp³-hybridized carbons (Fsp3) is 0.0625. The number of benzene rings is 2. The van der Waals surface area contributed by atoms with Crippen molar-refractivity contribution in [3.63, 3.8) is 0 Å². The summed E-state index contributed by atoms with van der Waals surface area (Å²) < 4.78 is 26.2. The Bertz CT molecular complexity index is 735. The molecule has 2 rings (SSSR count). The fourth-order valence-electron chi connectivity index (χ4n) is 1.60. The van der Waals surface area contributed by atoms with Crippen LogP contribution in [0.4, 0.5) is 8.78 Å². The monoisotopic (exact) mass is 305 g/mol. The van der Waals surface area contributed by atoms with E-state index in [1.165, 1.54) is 12.1 Å². The summed E-state index contributed by atoms with van der Waals surface area (Å²) in [6.07, 6.45) is 0. The average molecular weight is 306 g/mol. The van der Waals surface area contributed by atoms with Crippen LogP contribution in [0.5, 0.6) is 0 Å². The highest BCUT2D eigenvalue weighted by Gasteiger charge is 2.09. The first-order valence-corrected chi connectivity index (χ1v) is 6.42. The van der Waals surface area contributed by atoms with Gasteiger partial charge in [0.1, 0.15) is 11.6 Å². The van der Waals surface area contributed by atoms with Gasteiger partial charge in [0, 0.05) is 0 Å². The number of rotatable bonds is 2. The molecule has 0 saturated carbocycles. The number of hydrogen-bond acceptors (Lipinski definition) is 1. The zero-order valence-electron chi connectivity index (χ0n) is 10.8. The summed E-state index contributed by atoms with van der Waals surface area (Å²) in [5.74, 6) is 3.84. The van der Waals surface area contributed by atoms with Gasteiger partial charge in [-0.2, -0.15) is 0 Å². The third kappa shape index (κ3) is 4.04. The lowest BCUT2D eigenvalue weighted by atomic mass is 10.2. The second-order valence-electron chi connectivity index (χ2n) is 4.09. The number of nitrogens with one attached hydrogen (secondary N) is 1. The van der Waals surface area contributed by atoms with E-state index in [9.17, 15) is 13.6 Å². The quantitative estimate of drug-likeness (QED) is 0.847. The standard InChI is InChI=1S/C16H10ClF2NO/c17-14-10-12(18)7-8-13(14)16(21)20-9-3-5-11-4-1-2-6-15(11)19/h1-2,4,6-8,10H,9H2,(H,20,21). The zero-order valence-corrected chi connectivity index (χ0v) is 11.5. The van der Waals surface area contributed by atoms with Crippen molar-refractivity contribution < 1.29 is 13.6 Å². The van der Waals surface area contributed by atoms with Gasteiger partial charge in [-0.15, -0.1) is 0 Å². The van der Waals surface area contributed by atoms with Crippen LogP contribution in [0.15, 0.2) is 42.5 Å². The van der Waals surface area contributed by atoms with Gasteiger partial charge >= 0.3 is 0 Å². The van der Waals surface area contributed by atoms with Gasteiger partial charge < -0.3 is 5.32 Å². The van der Waals surface area contributed by atoms with Crippen molar-refractivity contribution in [3.05, 3.63) is 70.2 Å². The molecule has 0 aliphatic heterocycles. The summed E-state index contributed by atoms with van der Waals surface area (Å²) in [5, 5.41) is 2.53. The third-order valence-electron chi connectivity index (χ3n) is 2.61. The molecule has 1 N–H and O–H groups in total. The minimum absolute atomic E-state index is 0.0227.